The van der Waals surface area contributed by atoms with Crippen LogP contribution in [-0.4, -0.2) is 18.2 Å². The summed E-state index contributed by atoms with van der Waals surface area (Å²) in [5, 5.41) is 3.97. The van der Waals surface area contributed by atoms with Crippen molar-refractivity contribution in [2.24, 2.45) is 12.8 Å². The monoisotopic (exact) mass is 284 g/mol. The number of hydrogen-bond acceptors (Lipinski definition) is 5. The van der Waals surface area contributed by atoms with E-state index in [1.807, 2.05) is 0 Å². The first kappa shape index (κ1) is 13.8. The van der Waals surface area contributed by atoms with Crippen molar-refractivity contribution in [3.63, 3.8) is 0 Å². The molecule has 7 nitrogen and oxygen atoms in total. The van der Waals surface area contributed by atoms with E-state index in [1.165, 1.54) is 6.07 Å². The van der Waals surface area contributed by atoms with Gasteiger partial charge in [-0.25, -0.2) is 13.1 Å². The van der Waals surface area contributed by atoms with Gasteiger partial charge in [0.15, 0.2) is 0 Å². The fourth-order valence-corrected chi connectivity index (χ4v) is 2.91. The lowest BCUT2D eigenvalue weighted by molar-refractivity contribution is 0.478. The molecular formula is C11H16N4O3S. The Bertz CT molecular complexity index is 672. The molecule has 0 aliphatic rings. The number of rotatable bonds is 5. The number of sulfonamides is 1. The molecule has 2 aromatic heterocycles. The van der Waals surface area contributed by atoms with E-state index in [0.29, 0.717) is 11.5 Å². The molecule has 3 N–H and O–H groups in total. The standard InChI is InChI=1S/C11H16N4O3S/c1-8-11(5-10(6-12)18-8)19(16,17)14-7-9-3-4-13-15(9)2/h3-5,14H,6-7,12H2,1-2H3. The number of nitrogens with one attached hydrogen (secondary N) is 1. The van der Waals surface area contributed by atoms with Crippen LogP contribution in [-0.2, 0) is 30.2 Å². The van der Waals surface area contributed by atoms with Crippen LogP contribution in [0, 0.1) is 6.92 Å². The zero-order valence-electron chi connectivity index (χ0n) is 10.8. The van der Waals surface area contributed by atoms with Crippen LogP contribution < -0.4 is 10.5 Å². The van der Waals surface area contributed by atoms with Crippen molar-refractivity contribution < 1.29 is 12.8 Å². The molecule has 0 atom stereocenters. The van der Waals surface area contributed by atoms with E-state index in [2.05, 4.69) is 9.82 Å². The Morgan fingerprint density at radius 3 is 2.79 bits per heavy atom. The SMILES string of the molecule is Cc1oc(CN)cc1S(=O)(=O)NCc1ccnn1C. The van der Waals surface area contributed by atoms with Gasteiger partial charge >= 0.3 is 0 Å². The molecule has 2 heterocycles. The molecular weight excluding hydrogens is 268 g/mol. The lowest BCUT2D eigenvalue weighted by Gasteiger charge is -2.05. The van der Waals surface area contributed by atoms with Gasteiger partial charge in [0, 0.05) is 19.3 Å². The van der Waals surface area contributed by atoms with Crippen molar-refractivity contribution in [2.75, 3.05) is 0 Å². The van der Waals surface area contributed by atoms with Crippen LogP contribution in [0.25, 0.3) is 0 Å². The molecule has 0 spiro atoms. The van der Waals surface area contributed by atoms with E-state index < -0.39 is 10.0 Å². The summed E-state index contributed by atoms with van der Waals surface area (Å²) >= 11 is 0. The molecule has 0 fully saturated rings. The lowest BCUT2D eigenvalue weighted by atomic mass is 10.4. The van der Waals surface area contributed by atoms with Crippen molar-refractivity contribution in [3.05, 3.63) is 35.5 Å². The first-order chi connectivity index (χ1) is 8.94. The Balaban J connectivity index is 2.18. The predicted molar refractivity (Wildman–Crippen MR) is 68.6 cm³/mol. The molecule has 8 heteroatoms. The highest BCUT2D eigenvalue weighted by molar-refractivity contribution is 7.89. The van der Waals surface area contributed by atoms with Crippen LogP contribution in [0.5, 0.6) is 0 Å². The second-order valence-corrected chi connectivity index (χ2v) is 5.84. The molecule has 19 heavy (non-hydrogen) atoms. The van der Waals surface area contributed by atoms with Crippen LogP contribution in [0.4, 0.5) is 0 Å². The maximum Gasteiger partial charge on any atom is 0.244 e. The second kappa shape index (κ2) is 5.16. The van der Waals surface area contributed by atoms with Gasteiger partial charge < -0.3 is 10.2 Å². The minimum Gasteiger partial charge on any atom is -0.464 e. The lowest BCUT2D eigenvalue weighted by Crippen LogP contribution is -2.24. The summed E-state index contributed by atoms with van der Waals surface area (Å²) in [7, 11) is -1.86. The molecule has 0 amide bonds. The van der Waals surface area contributed by atoms with Crippen LogP contribution in [0.15, 0.2) is 27.6 Å². The van der Waals surface area contributed by atoms with Gasteiger partial charge in [-0.05, 0) is 13.0 Å². The molecule has 2 aromatic rings. The fourth-order valence-electron chi connectivity index (χ4n) is 1.71. The van der Waals surface area contributed by atoms with E-state index in [9.17, 15) is 8.42 Å². The molecule has 0 saturated heterocycles. The minimum atomic E-state index is -3.61. The molecule has 0 bridgehead atoms. The third-order valence-corrected chi connectivity index (χ3v) is 4.29. The van der Waals surface area contributed by atoms with Gasteiger partial charge in [-0.15, -0.1) is 0 Å². The summed E-state index contributed by atoms with van der Waals surface area (Å²) in [6.45, 7) is 1.93. The molecule has 104 valence electrons. The molecule has 0 aliphatic heterocycles. The summed E-state index contributed by atoms with van der Waals surface area (Å²) in [5.74, 6) is 0.774. The quantitative estimate of drug-likeness (QED) is 0.819. The topological polar surface area (TPSA) is 103 Å². The Morgan fingerprint density at radius 2 is 2.26 bits per heavy atom. The largest absolute Gasteiger partial charge is 0.464 e. The van der Waals surface area contributed by atoms with Gasteiger partial charge in [0.2, 0.25) is 10.0 Å². The number of nitrogens with zero attached hydrogens (tertiary/aromatic N) is 2. The third-order valence-electron chi connectivity index (χ3n) is 2.78. The van der Waals surface area contributed by atoms with Crippen molar-refractivity contribution in [2.45, 2.75) is 24.9 Å². The first-order valence-electron chi connectivity index (χ1n) is 5.70. The Labute approximate surface area is 111 Å². The minimum absolute atomic E-state index is 0.120. The summed E-state index contributed by atoms with van der Waals surface area (Å²) in [6.07, 6.45) is 1.61. The van der Waals surface area contributed by atoms with Gasteiger partial charge in [0.25, 0.3) is 0 Å². The number of aryl methyl sites for hydroxylation is 2. The van der Waals surface area contributed by atoms with Crippen LogP contribution in [0.2, 0.25) is 0 Å². The average Bonchev–Trinajstić information content (AvgIpc) is 2.93. The number of hydrogen-bond donors (Lipinski definition) is 2. The highest BCUT2D eigenvalue weighted by atomic mass is 32.2. The van der Waals surface area contributed by atoms with Gasteiger partial charge in [-0.2, -0.15) is 5.10 Å². The van der Waals surface area contributed by atoms with Gasteiger partial charge in [0.1, 0.15) is 16.4 Å². The van der Waals surface area contributed by atoms with Crippen molar-refractivity contribution in [1.29, 1.82) is 0 Å². The Hall–Kier alpha value is -1.64. The summed E-state index contributed by atoms with van der Waals surface area (Å²) in [6, 6.07) is 3.19. The maximum atomic E-state index is 12.1. The number of nitrogens with two attached hydrogens (primary N) is 1. The summed E-state index contributed by atoms with van der Waals surface area (Å²) < 4.78 is 33.7. The van der Waals surface area contributed by atoms with Crippen LogP contribution in [0.3, 0.4) is 0 Å². The van der Waals surface area contributed by atoms with Crippen molar-refractivity contribution >= 4 is 10.0 Å². The smallest absolute Gasteiger partial charge is 0.244 e. The molecule has 0 radical (unpaired) electrons. The normalized spacial score (nSPS) is 11.9. The Morgan fingerprint density at radius 1 is 1.53 bits per heavy atom. The van der Waals surface area contributed by atoms with Crippen molar-refractivity contribution in [1.82, 2.24) is 14.5 Å². The Kier molecular flexibility index (Phi) is 3.74. The number of aromatic nitrogens is 2. The van der Waals surface area contributed by atoms with Gasteiger partial charge in [-0.1, -0.05) is 0 Å². The van der Waals surface area contributed by atoms with Crippen molar-refractivity contribution in [3.8, 4) is 0 Å². The van der Waals surface area contributed by atoms with E-state index in [0.717, 1.165) is 5.69 Å². The number of furan rings is 1. The highest BCUT2D eigenvalue weighted by Crippen LogP contribution is 2.19. The second-order valence-electron chi connectivity index (χ2n) is 4.11. The van der Waals surface area contributed by atoms with E-state index >= 15 is 0 Å². The fraction of sp³-hybridized carbons (Fsp3) is 0.364. The first-order valence-corrected chi connectivity index (χ1v) is 7.18. The zero-order chi connectivity index (χ0) is 14.0. The van der Waals surface area contributed by atoms with E-state index in [1.54, 1.807) is 30.9 Å². The molecule has 0 unspecified atom stereocenters. The van der Waals surface area contributed by atoms with Crippen LogP contribution >= 0.6 is 0 Å². The molecule has 0 aromatic carbocycles. The predicted octanol–water partition coefficient (Wildman–Crippen LogP) is 0.259. The van der Waals surface area contributed by atoms with Gasteiger partial charge in [-0.3, -0.25) is 4.68 Å². The maximum absolute atomic E-state index is 12.1. The zero-order valence-corrected chi connectivity index (χ0v) is 11.6. The summed E-state index contributed by atoms with van der Waals surface area (Å²) in [4.78, 5) is 0.120. The van der Waals surface area contributed by atoms with E-state index in [4.69, 9.17) is 10.2 Å². The molecule has 0 aliphatic carbocycles. The molecule has 2 rings (SSSR count). The molecule has 0 saturated carbocycles. The van der Waals surface area contributed by atoms with Gasteiger partial charge in [0.05, 0.1) is 18.8 Å². The van der Waals surface area contributed by atoms with Crippen LogP contribution in [0.1, 0.15) is 17.2 Å². The summed E-state index contributed by atoms with van der Waals surface area (Å²) in [5.41, 5.74) is 6.19. The van der Waals surface area contributed by atoms with E-state index in [-0.39, 0.29) is 18.0 Å². The highest BCUT2D eigenvalue weighted by Gasteiger charge is 2.21. The average molecular weight is 284 g/mol. The third kappa shape index (κ3) is 2.86.